The maximum Gasteiger partial charge on any atom is 0.278 e. The molecule has 2 heterocycles. The van der Waals surface area contributed by atoms with Gasteiger partial charge in [0.2, 0.25) is 0 Å². The van der Waals surface area contributed by atoms with Gasteiger partial charge in [0.15, 0.2) is 0 Å². The van der Waals surface area contributed by atoms with Crippen LogP contribution in [0.2, 0.25) is 5.02 Å². The molecule has 3 aromatic carbocycles. The van der Waals surface area contributed by atoms with Gasteiger partial charge in [-0.1, -0.05) is 66.2 Å². The number of imide groups is 1. The number of halogens is 2. The number of benzene rings is 3. The molecule has 3 aromatic rings. The molecule has 2 amide bonds. The Labute approximate surface area is 190 Å². The Kier molecular flexibility index (Phi) is 5.27. The second kappa shape index (κ2) is 8.24. The Morgan fingerprint density at radius 3 is 2.28 bits per heavy atom. The van der Waals surface area contributed by atoms with Crippen molar-refractivity contribution < 1.29 is 14.0 Å². The van der Waals surface area contributed by atoms with Crippen molar-refractivity contribution >= 4 is 29.0 Å². The van der Waals surface area contributed by atoms with Crippen LogP contribution in [0.4, 0.5) is 4.39 Å². The Hall–Kier alpha value is -3.44. The zero-order valence-corrected chi connectivity index (χ0v) is 18.0. The van der Waals surface area contributed by atoms with Gasteiger partial charge in [-0.05, 0) is 41.3 Å². The lowest BCUT2D eigenvalue weighted by Crippen LogP contribution is -2.37. The van der Waals surface area contributed by atoms with Crippen molar-refractivity contribution in [1.82, 2.24) is 9.80 Å². The van der Waals surface area contributed by atoms with Crippen LogP contribution in [0.1, 0.15) is 22.3 Å². The first-order valence-electron chi connectivity index (χ1n) is 10.4. The van der Waals surface area contributed by atoms with Crippen LogP contribution in [0.25, 0.3) is 5.57 Å². The highest BCUT2D eigenvalue weighted by molar-refractivity contribution is 6.35. The van der Waals surface area contributed by atoms with E-state index >= 15 is 0 Å². The first kappa shape index (κ1) is 20.5. The molecule has 2 aliphatic rings. The Morgan fingerprint density at radius 1 is 0.844 bits per heavy atom. The summed E-state index contributed by atoms with van der Waals surface area (Å²) in [6, 6.07) is 21.2. The number of hydrogen-bond donors (Lipinski definition) is 0. The number of rotatable bonds is 4. The quantitative estimate of drug-likeness (QED) is 0.540. The average Bonchev–Trinajstić information content (AvgIpc) is 3.05. The Balaban J connectivity index is 1.56. The number of carbonyl (C=O) groups excluding carboxylic acids is 2. The van der Waals surface area contributed by atoms with Gasteiger partial charge in [0, 0.05) is 23.7 Å². The van der Waals surface area contributed by atoms with Crippen molar-refractivity contribution in [1.29, 1.82) is 0 Å². The number of nitrogens with zero attached hydrogens (tertiary/aromatic N) is 2. The minimum atomic E-state index is -0.443. The fraction of sp³-hybridized carbons (Fsp3) is 0.154. The summed E-state index contributed by atoms with van der Waals surface area (Å²) in [6.07, 6.45) is 0.780. The molecule has 5 rings (SSSR count). The van der Waals surface area contributed by atoms with Crippen LogP contribution in [-0.2, 0) is 29.1 Å². The highest BCUT2D eigenvalue weighted by Gasteiger charge is 2.42. The van der Waals surface area contributed by atoms with Gasteiger partial charge in [-0.2, -0.15) is 0 Å². The molecular weight excluding hydrogens is 427 g/mol. The third kappa shape index (κ3) is 3.59. The summed E-state index contributed by atoms with van der Waals surface area (Å²) in [5.74, 6) is -1.27. The monoisotopic (exact) mass is 446 g/mol. The van der Waals surface area contributed by atoms with E-state index in [0.717, 1.165) is 16.9 Å². The van der Waals surface area contributed by atoms with Crippen LogP contribution in [-0.4, -0.2) is 28.2 Å². The van der Waals surface area contributed by atoms with Gasteiger partial charge in [-0.25, -0.2) is 4.39 Å². The predicted molar refractivity (Wildman–Crippen MR) is 121 cm³/mol. The molecule has 0 aromatic heterocycles. The number of amides is 2. The molecule has 0 saturated carbocycles. The van der Waals surface area contributed by atoms with Crippen LogP contribution < -0.4 is 0 Å². The molecule has 0 saturated heterocycles. The van der Waals surface area contributed by atoms with Gasteiger partial charge < -0.3 is 4.90 Å². The van der Waals surface area contributed by atoms with Crippen LogP contribution in [0, 0.1) is 5.82 Å². The van der Waals surface area contributed by atoms with Gasteiger partial charge in [0.05, 0.1) is 12.1 Å². The fourth-order valence-electron chi connectivity index (χ4n) is 4.36. The van der Waals surface area contributed by atoms with Crippen LogP contribution in [0.5, 0.6) is 0 Å². The molecule has 0 aliphatic carbocycles. The van der Waals surface area contributed by atoms with Gasteiger partial charge in [0.1, 0.15) is 11.5 Å². The van der Waals surface area contributed by atoms with Crippen LogP contribution >= 0.6 is 11.6 Å². The highest BCUT2D eigenvalue weighted by atomic mass is 35.5. The van der Waals surface area contributed by atoms with Crippen LogP contribution in [0.3, 0.4) is 0 Å². The van der Waals surface area contributed by atoms with Gasteiger partial charge >= 0.3 is 0 Å². The molecule has 0 N–H and O–H groups in total. The number of fused-ring (bicyclic) bond motifs is 1. The molecule has 0 bridgehead atoms. The summed E-state index contributed by atoms with van der Waals surface area (Å²) >= 11 is 6.05. The molecule has 0 unspecified atom stereocenters. The molecule has 0 atom stereocenters. The maximum absolute atomic E-state index is 14.3. The molecule has 0 fully saturated rings. The van der Waals surface area contributed by atoms with Gasteiger partial charge in [-0.3, -0.25) is 14.5 Å². The number of hydrogen-bond acceptors (Lipinski definition) is 3. The van der Waals surface area contributed by atoms with E-state index in [4.69, 9.17) is 11.6 Å². The SMILES string of the molecule is O=C1C(c2ccc(Cl)cc2)=C(N2CCc3ccccc3C2)C(=O)N1Cc1ccccc1F. The van der Waals surface area contributed by atoms with Crippen LogP contribution in [0.15, 0.2) is 78.5 Å². The highest BCUT2D eigenvalue weighted by Crippen LogP contribution is 2.35. The second-order valence-electron chi connectivity index (χ2n) is 7.96. The lowest BCUT2D eigenvalue weighted by molar-refractivity contribution is -0.138. The predicted octanol–water partition coefficient (Wildman–Crippen LogP) is 4.82. The normalized spacial score (nSPS) is 16.1. The smallest absolute Gasteiger partial charge is 0.278 e. The topological polar surface area (TPSA) is 40.6 Å². The Morgan fingerprint density at radius 2 is 1.53 bits per heavy atom. The van der Waals surface area contributed by atoms with E-state index in [9.17, 15) is 14.0 Å². The first-order valence-corrected chi connectivity index (χ1v) is 10.8. The summed E-state index contributed by atoms with van der Waals surface area (Å²) in [4.78, 5) is 30.1. The zero-order valence-electron chi connectivity index (χ0n) is 17.2. The first-order chi connectivity index (χ1) is 15.5. The third-order valence-corrected chi connectivity index (χ3v) is 6.26. The summed E-state index contributed by atoms with van der Waals surface area (Å²) in [5, 5.41) is 0.544. The van der Waals surface area contributed by atoms with E-state index in [1.165, 1.54) is 11.6 Å². The maximum atomic E-state index is 14.3. The van der Waals surface area contributed by atoms with Crippen molar-refractivity contribution in [2.24, 2.45) is 0 Å². The minimum absolute atomic E-state index is 0.116. The van der Waals surface area contributed by atoms with Crippen molar-refractivity contribution in [2.45, 2.75) is 19.5 Å². The summed E-state index contributed by atoms with van der Waals surface area (Å²) < 4.78 is 14.3. The zero-order chi connectivity index (χ0) is 22.2. The van der Waals surface area contributed by atoms with E-state index in [1.54, 1.807) is 42.5 Å². The van der Waals surface area contributed by atoms with Crippen molar-refractivity contribution in [2.75, 3.05) is 6.54 Å². The summed E-state index contributed by atoms with van der Waals surface area (Å²) in [7, 11) is 0. The van der Waals surface area contributed by atoms with E-state index in [1.807, 2.05) is 23.1 Å². The molecular formula is C26H20ClFN2O2. The lowest BCUT2D eigenvalue weighted by atomic mass is 9.98. The summed E-state index contributed by atoms with van der Waals surface area (Å²) in [5.41, 5.74) is 4.00. The minimum Gasteiger partial charge on any atom is -0.362 e. The number of carbonyl (C=O) groups is 2. The van der Waals surface area contributed by atoms with E-state index < -0.39 is 17.6 Å². The molecule has 2 aliphatic heterocycles. The molecule has 0 spiro atoms. The molecule has 0 radical (unpaired) electrons. The van der Waals surface area contributed by atoms with Crippen molar-refractivity contribution in [3.63, 3.8) is 0 Å². The van der Waals surface area contributed by atoms with Gasteiger partial charge in [0.25, 0.3) is 11.8 Å². The van der Waals surface area contributed by atoms with E-state index in [-0.39, 0.29) is 6.54 Å². The largest absolute Gasteiger partial charge is 0.362 e. The lowest BCUT2D eigenvalue weighted by Gasteiger charge is -2.31. The van der Waals surface area contributed by atoms with E-state index in [0.29, 0.717) is 40.5 Å². The van der Waals surface area contributed by atoms with E-state index in [2.05, 4.69) is 6.07 Å². The fourth-order valence-corrected chi connectivity index (χ4v) is 4.49. The molecule has 4 nitrogen and oxygen atoms in total. The second-order valence-corrected chi connectivity index (χ2v) is 8.40. The third-order valence-electron chi connectivity index (χ3n) is 6.01. The van der Waals surface area contributed by atoms with Crippen molar-refractivity contribution in [3.05, 3.63) is 112 Å². The Bertz CT molecular complexity index is 1250. The van der Waals surface area contributed by atoms with Crippen molar-refractivity contribution in [3.8, 4) is 0 Å². The average molecular weight is 447 g/mol. The molecule has 6 heteroatoms. The molecule has 160 valence electrons. The summed E-state index contributed by atoms with van der Waals surface area (Å²) in [6.45, 7) is 1.04. The standard InChI is InChI=1S/C26H20ClFN2O2/c27-21-11-9-18(10-12-21)23-24(29-14-13-17-5-1-2-6-19(17)15-29)26(32)30(25(23)31)16-20-7-3-4-8-22(20)28/h1-12H,13-16H2. The molecule has 32 heavy (non-hydrogen) atoms. The van der Waals surface area contributed by atoms with Gasteiger partial charge in [-0.15, -0.1) is 0 Å².